The average Bonchev–Trinajstić information content (AvgIpc) is 2.95. The van der Waals surface area contributed by atoms with E-state index in [0.717, 1.165) is 0 Å². The van der Waals surface area contributed by atoms with Crippen LogP contribution in [0.4, 0.5) is 0 Å². The van der Waals surface area contributed by atoms with E-state index in [1.165, 1.54) is 18.4 Å². The fourth-order valence-corrected chi connectivity index (χ4v) is 3.60. The molecule has 2 aliphatic rings. The van der Waals surface area contributed by atoms with Gasteiger partial charge in [-0.2, -0.15) is 0 Å². The number of hydrogen-bond acceptors (Lipinski definition) is 0. The van der Waals surface area contributed by atoms with Crippen LogP contribution in [-0.4, -0.2) is 4.33 Å². The van der Waals surface area contributed by atoms with E-state index in [9.17, 15) is 0 Å². The van der Waals surface area contributed by atoms with Crippen molar-refractivity contribution in [2.24, 2.45) is 5.41 Å². The molecular weight excluding hydrogens is 203 g/mol. The zero-order valence-corrected chi connectivity index (χ0v) is 8.65. The summed E-state index contributed by atoms with van der Waals surface area (Å²) in [6, 6.07) is 10.4. The molecule has 0 bridgehead atoms. The second kappa shape index (κ2) is 2.24. The van der Waals surface area contributed by atoms with Crippen LogP contribution in [0.15, 0.2) is 30.3 Å². The Bertz CT molecular complexity index is 334. The number of hydrogen-bond donors (Lipinski definition) is 0. The molecule has 13 heavy (non-hydrogen) atoms. The van der Waals surface area contributed by atoms with Gasteiger partial charge in [0.1, 0.15) is 4.33 Å². The number of rotatable bonds is 1. The molecule has 0 aromatic heterocycles. The van der Waals surface area contributed by atoms with Crippen LogP contribution in [0.3, 0.4) is 0 Å². The molecule has 1 aromatic rings. The Kier molecular flexibility index (Phi) is 1.40. The van der Waals surface area contributed by atoms with Gasteiger partial charge in [-0.1, -0.05) is 30.3 Å². The van der Waals surface area contributed by atoms with Gasteiger partial charge in [0, 0.05) is 11.3 Å². The minimum absolute atomic E-state index is 0.247. The van der Waals surface area contributed by atoms with Gasteiger partial charge in [-0.05, 0) is 18.4 Å². The van der Waals surface area contributed by atoms with E-state index < -0.39 is 4.33 Å². The van der Waals surface area contributed by atoms with Crippen LogP contribution in [0.25, 0.3) is 0 Å². The third kappa shape index (κ3) is 0.884. The maximum atomic E-state index is 6.26. The van der Waals surface area contributed by atoms with Crippen LogP contribution in [-0.2, 0) is 0 Å². The third-order valence-corrected chi connectivity index (χ3v) is 4.61. The Labute approximate surface area is 87.9 Å². The summed E-state index contributed by atoms with van der Waals surface area (Å²) >= 11 is 12.5. The van der Waals surface area contributed by atoms with E-state index in [1.807, 2.05) is 18.2 Å². The summed E-state index contributed by atoms with van der Waals surface area (Å²) in [7, 11) is 0. The van der Waals surface area contributed by atoms with Crippen molar-refractivity contribution < 1.29 is 0 Å². The molecular formula is C11H10Cl2. The van der Waals surface area contributed by atoms with Gasteiger partial charge in [0.05, 0.1) is 0 Å². The van der Waals surface area contributed by atoms with Crippen molar-refractivity contribution in [1.29, 1.82) is 0 Å². The molecule has 1 spiro atoms. The fourth-order valence-electron chi connectivity index (χ4n) is 2.44. The number of alkyl halides is 2. The van der Waals surface area contributed by atoms with Gasteiger partial charge in [-0.15, -0.1) is 23.2 Å². The first-order chi connectivity index (χ1) is 6.18. The van der Waals surface area contributed by atoms with E-state index in [0.29, 0.717) is 5.92 Å². The van der Waals surface area contributed by atoms with Crippen LogP contribution in [0.1, 0.15) is 24.3 Å². The molecule has 0 saturated heterocycles. The molecule has 0 aliphatic heterocycles. The molecule has 0 heterocycles. The molecule has 2 saturated carbocycles. The highest BCUT2D eigenvalue weighted by Crippen LogP contribution is 2.85. The fraction of sp³-hybridized carbons (Fsp3) is 0.455. The van der Waals surface area contributed by atoms with Crippen LogP contribution < -0.4 is 0 Å². The van der Waals surface area contributed by atoms with Crippen molar-refractivity contribution in [3.63, 3.8) is 0 Å². The molecule has 3 rings (SSSR count). The largest absolute Gasteiger partial charge is 0.132 e. The van der Waals surface area contributed by atoms with E-state index in [4.69, 9.17) is 23.2 Å². The Morgan fingerprint density at radius 3 is 2.15 bits per heavy atom. The highest BCUT2D eigenvalue weighted by Gasteiger charge is 2.81. The molecule has 1 atom stereocenters. The first-order valence-electron chi connectivity index (χ1n) is 4.61. The molecule has 0 amide bonds. The monoisotopic (exact) mass is 212 g/mol. The normalized spacial score (nSPS) is 31.7. The van der Waals surface area contributed by atoms with E-state index in [2.05, 4.69) is 12.1 Å². The maximum absolute atomic E-state index is 6.26. The van der Waals surface area contributed by atoms with Crippen LogP contribution in [0, 0.1) is 5.41 Å². The highest BCUT2D eigenvalue weighted by molar-refractivity contribution is 6.52. The Hall–Kier alpha value is -0.200. The molecule has 2 aliphatic carbocycles. The summed E-state index contributed by atoms with van der Waals surface area (Å²) in [5.74, 6) is 0.379. The van der Waals surface area contributed by atoms with Crippen LogP contribution in [0.5, 0.6) is 0 Å². The lowest BCUT2D eigenvalue weighted by atomic mass is 10.1. The Morgan fingerprint density at radius 2 is 1.69 bits per heavy atom. The van der Waals surface area contributed by atoms with Crippen LogP contribution in [0.2, 0.25) is 0 Å². The van der Waals surface area contributed by atoms with E-state index >= 15 is 0 Å². The first kappa shape index (κ1) is 8.14. The lowest BCUT2D eigenvalue weighted by molar-refractivity contribution is 0.833. The standard InChI is InChI=1S/C11H10Cl2/c12-11(13)9(10(11)6-7-10)8-4-2-1-3-5-8/h1-5,9H,6-7H2. The zero-order valence-electron chi connectivity index (χ0n) is 7.13. The quantitative estimate of drug-likeness (QED) is 0.623. The lowest BCUT2D eigenvalue weighted by Crippen LogP contribution is -1.89. The zero-order chi connectivity index (χ0) is 9.10. The second-order valence-corrected chi connectivity index (χ2v) is 5.51. The molecule has 1 unspecified atom stereocenters. The van der Waals surface area contributed by atoms with Gasteiger partial charge in [-0.3, -0.25) is 0 Å². The van der Waals surface area contributed by atoms with Gasteiger partial charge in [0.15, 0.2) is 0 Å². The lowest BCUT2D eigenvalue weighted by Gasteiger charge is -1.98. The second-order valence-electron chi connectivity index (χ2n) is 4.12. The Morgan fingerprint density at radius 1 is 1.08 bits per heavy atom. The Balaban J connectivity index is 1.98. The summed E-state index contributed by atoms with van der Waals surface area (Å²) in [6.45, 7) is 0. The molecule has 0 N–H and O–H groups in total. The summed E-state index contributed by atoms with van der Waals surface area (Å²) < 4.78 is -0.478. The van der Waals surface area contributed by atoms with Crippen molar-refractivity contribution in [3.05, 3.63) is 35.9 Å². The molecule has 68 valence electrons. The van der Waals surface area contributed by atoms with Crippen molar-refractivity contribution in [2.75, 3.05) is 0 Å². The summed E-state index contributed by atoms with van der Waals surface area (Å²) in [6.07, 6.45) is 2.39. The molecule has 2 fully saturated rings. The highest BCUT2D eigenvalue weighted by atomic mass is 35.5. The average molecular weight is 213 g/mol. The maximum Gasteiger partial charge on any atom is 0.132 e. The van der Waals surface area contributed by atoms with Crippen molar-refractivity contribution in [1.82, 2.24) is 0 Å². The van der Waals surface area contributed by atoms with Gasteiger partial charge in [0.25, 0.3) is 0 Å². The van der Waals surface area contributed by atoms with Gasteiger partial charge in [0.2, 0.25) is 0 Å². The van der Waals surface area contributed by atoms with Crippen molar-refractivity contribution in [3.8, 4) is 0 Å². The van der Waals surface area contributed by atoms with E-state index in [-0.39, 0.29) is 5.41 Å². The predicted octanol–water partition coefficient (Wildman–Crippen LogP) is 3.74. The van der Waals surface area contributed by atoms with Crippen LogP contribution >= 0.6 is 23.2 Å². The first-order valence-corrected chi connectivity index (χ1v) is 5.37. The third-order valence-electron chi connectivity index (χ3n) is 3.42. The minimum atomic E-state index is -0.478. The SMILES string of the molecule is ClC1(Cl)C(c2ccccc2)C12CC2. The van der Waals surface area contributed by atoms with Crippen molar-refractivity contribution >= 4 is 23.2 Å². The van der Waals surface area contributed by atoms with Gasteiger partial charge >= 0.3 is 0 Å². The topological polar surface area (TPSA) is 0 Å². The number of benzene rings is 1. The predicted molar refractivity (Wildman–Crippen MR) is 55.3 cm³/mol. The number of halogens is 2. The van der Waals surface area contributed by atoms with Crippen molar-refractivity contribution in [2.45, 2.75) is 23.1 Å². The minimum Gasteiger partial charge on any atom is -0.100 e. The summed E-state index contributed by atoms with van der Waals surface area (Å²) in [4.78, 5) is 0. The van der Waals surface area contributed by atoms with Gasteiger partial charge in [-0.25, -0.2) is 0 Å². The summed E-state index contributed by atoms with van der Waals surface area (Å²) in [5, 5.41) is 0. The molecule has 2 heteroatoms. The van der Waals surface area contributed by atoms with Gasteiger partial charge < -0.3 is 0 Å². The van der Waals surface area contributed by atoms with E-state index in [1.54, 1.807) is 0 Å². The summed E-state index contributed by atoms with van der Waals surface area (Å²) in [5.41, 5.74) is 1.54. The molecule has 0 nitrogen and oxygen atoms in total. The smallest absolute Gasteiger partial charge is 0.100 e. The molecule has 0 radical (unpaired) electrons. The molecule has 1 aromatic carbocycles.